The molecule has 0 bridgehead atoms. The molecule has 1 fully saturated rings. The zero-order valence-corrected chi connectivity index (χ0v) is 11.2. The lowest BCUT2D eigenvalue weighted by Gasteiger charge is -2.22. The van der Waals surface area contributed by atoms with Gasteiger partial charge in [0, 0.05) is 23.4 Å². The predicted molar refractivity (Wildman–Crippen MR) is 69.9 cm³/mol. The summed E-state index contributed by atoms with van der Waals surface area (Å²) >= 11 is 6.07. The van der Waals surface area contributed by atoms with E-state index in [1.165, 1.54) is 0 Å². The SMILES string of the molecule is O=C(Cc1cc(Cl)cc2c1OCC2)C1COCCO1. The number of Topliss-reactive ketones (excluding diaryl/α,β-unsaturated/α-hetero) is 1. The van der Waals surface area contributed by atoms with Crippen LogP contribution in [0.5, 0.6) is 5.75 Å². The average Bonchev–Trinajstić information content (AvgIpc) is 2.88. The molecule has 1 unspecified atom stereocenters. The number of ketones is 1. The highest BCUT2D eigenvalue weighted by atomic mass is 35.5. The Balaban J connectivity index is 1.77. The number of carbonyl (C=O) groups excluding carboxylic acids is 1. The molecule has 0 amide bonds. The first-order valence-corrected chi connectivity index (χ1v) is 6.78. The van der Waals surface area contributed by atoms with Crippen molar-refractivity contribution in [1.29, 1.82) is 0 Å². The molecule has 0 radical (unpaired) electrons. The molecule has 5 heteroatoms. The summed E-state index contributed by atoms with van der Waals surface area (Å²) in [6.07, 6.45) is 0.654. The zero-order chi connectivity index (χ0) is 13.2. The van der Waals surface area contributed by atoms with Crippen LogP contribution in [0.1, 0.15) is 11.1 Å². The lowest BCUT2D eigenvalue weighted by Crippen LogP contribution is -2.36. The number of carbonyl (C=O) groups is 1. The van der Waals surface area contributed by atoms with Gasteiger partial charge in [-0.3, -0.25) is 4.79 Å². The van der Waals surface area contributed by atoms with E-state index in [0.717, 1.165) is 23.3 Å². The molecular weight excluding hydrogens is 268 g/mol. The van der Waals surface area contributed by atoms with Gasteiger partial charge >= 0.3 is 0 Å². The van der Waals surface area contributed by atoms with Crippen molar-refractivity contribution in [2.24, 2.45) is 0 Å². The lowest BCUT2D eigenvalue weighted by atomic mass is 10.0. The minimum Gasteiger partial charge on any atom is -0.493 e. The summed E-state index contributed by atoms with van der Waals surface area (Å²) in [5.41, 5.74) is 1.93. The molecule has 1 aromatic carbocycles. The Labute approximate surface area is 116 Å². The van der Waals surface area contributed by atoms with Gasteiger partial charge in [-0.25, -0.2) is 0 Å². The van der Waals surface area contributed by atoms with Gasteiger partial charge in [0.25, 0.3) is 0 Å². The minimum absolute atomic E-state index is 0.0136. The monoisotopic (exact) mass is 282 g/mol. The van der Waals surface area contributed by atoms with E-state index in [1.807, 2.05) is 6.07 Å². The summed E-state index contributed by atoms with van der Waals surface area (Å²) in [6.45, 7) is 2.02. The van der Waals surface area contributed by atoms with Crippen LogP contribution in [0.3, 0.4) is 0 Å². The number of hydrogen-bond acceptors (Lipinski definition) is 4. The van der Waals surface area contributed by atoms with Crippen LogP contribution in [0, 0.1) is 0 Å². The van der Waals surface area contributed by atoms with Crippen molar-refractivity contribution in [1.82, 2.24) is 0 Å². The van der Waals surface area contributed by atoms with Gasteiger partial charge in [0.1, 0.15) is 11.9 Å². The molecule has 1 atom stereocenters. The first-order chi connectivity index (χ1) is 9.24. The van der Waals surface area contributed by atoms with Crippen molar-refractivity contribution in [2.45, 2.75) is 18.9 Å². The summed E-state index contributed by atoms with van der Waals surface area (Å²) in [7, 11) is 0. The van der Waals surface area contributed by atoms with Gasteiger partial charge in [-0.15, -0.1) is 0 Å². The van der Waals surface area contributed by atoms with E-state index in [9.17, 15) is 4.79 Å². The van der Waals surface area contributed by atoms with Crippen molar-refractivity contribution in [3.63, 3.8) is 0 Å². The average molecular weight is 283 g/mol. The molecule has 102 valence electrons. The minimum atomic E-state index is -0.468. The Morgan fingerprint density at radius 1 is 1.32 bits per heavy atom. The molecule has 1 aromatic rings. The van der Waals surface area contributed by atoms with Crippen LogP contribution in [0.25, 0.3) is 0 Å². The Morgan fingerprint density at radius 2 is 2.21 bits per heavy atom. The summed E-state index contributed by atoms with van der Waals surface area (Å²) < 4.78 is 16.3. The second kappa shape index (κ2) is 5.49. The van der Waals surface area contributed by atoms with Gasteiger partial charge in [-0.1, -0.05) is 11.6 Å². The van der Waals surface area contributed by atoms with Gasteiger partial charge in [0.2, 0.25) is 0 Å². The molecule has 2 aliphatic rings. The standard InChI is InChI=1S/C14H15ClO4/c15-11-5-9-1-2-19-14(9)10(6-11)7-12(16)13-8-17-3-4-18-13/h5-6,13H,1-4,7-8H2. The van der Waals surface area contributed by atoms with Crippen LogP contribution in [0.2, 0.25) is 5.02 Å². The molecule has 19 heavy (non-hydrogen) atoms. The third kappa shape index (κ3) is 2.76. The van der Waals surface area contributed by atoms with Crippen LogP contribution >= 0.6 is 11.6 Å². The van der Waals surface area contributed by atoms with Gasteiger partial charge in [0.15, 0.2) is 5.78 Å². The zero-order valence-electron chi connectivity index (χ0n) is 10.5. The molecular formula is C14H15ClO4. The molecule has 0 spiro atoms. The number of halogens is 1. The second-order valence-electron chi connectivity index (χ2n) is 4.73. The Kier molecular flexibility index (Phi) is 3.73. The molecule has 0 saturated carbocycles. The van der Waals surface area contributed by atoms with E-state index in [2.05, 4.69) is 0 Å². The summed E-state index contributed by atoms with van der Waals surface area (Å²) in [4.78, 5) is 12.2. The molecule has 0 aliphatic carbocycles. The van der Waals surface area contributed by atoms with Crippen LogP contribution in [-0.2, 0) is 27.1 Å². The maximum absolute atomic E-state index is 12.2. The summed E-state index contributed by atoms with van der Waals surface area (Å²) in [6, 6.07) is 3.70. The first-order valence-electron chi connectivity index (χ1n) is 6.40. The van der Waals surface area contributed by atoms with E-state index in [-0.39, 0.29) is 12.2 Å². The molecule has 3 rings (SSSR count). The van der Waals surface area contributed by atoms with Gasteiger partial charge in [0.05, 0.1) is 26.4 Å². The van der Waals surface area contributed by atoms with E-state index in [1.54, 1.807) is 6.07 Å². The van der Waals surface area contributed by atoms with Gasteiger partial charge in [-0.2, -0.15) is 0 Å². The van der Waals surface area contributed by atoms with E-state index < -0.39 is 6.10 Å². The highest BCUT2D eigenvalue weighted by Crippen LogP contribution is 2.33. The topological polar surface area (TPSA) is 44.8 Å². The molecule has 2 heterocycles. The third-order valence-electron chi connectivity index (χ3n) is 3.37. The van der Waals surface area contributed by atoms with Crippen LogP contribution in [0.15, 0.2) is 12.1 Å². The fraction of sp³-hybridized carbons (Fsp3) is 0.500. The normalized spacial score (nSPS) is 21.8. The van der Waals surface area contributed by atoms with Gasteiger partial charge < -0.3 is 14.2 Å². The van der Waals surface area contributed by atoms with Crippen LogP contribution < -0.4 is 4.74 Å². The van der Waals surface area contributed by atoms with Gasteiger partial charge in [-0.05, 0) is 17.7 Å². The number of benzene rings is 1. The Hall–Kier alpha value is -1.10. The van der Waals surface area contributed by atoms with E-state index in [4.69, 9.17) is 25.8 Å². The maximum atomic E-state index is 12.2. The van der Waals surface area contributed by atoms with Crippen molar-refractivity contribution >= 4 is 17.4 Å². The van der Waals surface area contributed by atoms with Crippen molar-refractivity contribution < 1.29 is 19.0 Å². The fourth-order valence-electron chi connectivity index (χ4n) is 2.45. The lowest BCUT2D eigenvalue weighted by molar-refractivity contribution is -0.144. The van der Waals surface area contributed by atoms with E-state index in [0.29, 0.717) is 31.5 Å². The summed E-state index contributed by atoms with van der Waals surface area (Å²) in [5.74, 6) is 0.828. The molecule has 1 saturated heterocycles. The third-order valence-corrected chi connectivity index (χ3v) is 3.58. The molecule has 2 aliphatic heterocycles. The van der Waals surface area contributed by atoms with Crippen LogP contribution in [-0.4, -0.2) is 38.3 Å². The Morgan fingerprint density at radius 3 is 3.00 bits per heavy atom. The quantitative estimate of drug-likeness (QED) is 0.848. The van der Waals surface area contributed by atoms with Crippen LogP contribution in [0.4, 0.5) is 0 Å². The predicted octanol–water partition coefficient (Wildman–Crippen LogP) is 1.80. The smallest absolute Gasteiger partial charge is 0.168 e. The highest BCUT2D eigenvalue weighted by Gasteiger charge is 2.25. The molecule has 0 aromatic heterocycles. The van der Waals surface area contributed by atoms with E-state index >= 15 is 0 Å². The first kappa shape index (κ1) is 12.9. The maximum Gasteiger partial charge on any atom is 0.168 e. The number of fused-ring (bicyclic) bond motifs is 1. The second-order valence-corrected chi connectivity index (χ2v) is 5.17. The highest BCUT2D eigenvalue weighted by molar-refractivity contribution is 6.30. The van der Waals surface area contributed by atoms with Crippen molar-refractivity contribution in [2.75, 3.05) is 26.4 Å². The largest absolute Gasteiger partial charge is 0.493 e. The number of hydrogen-bond donors (Lipinski definition) is 0. The Bertz CT molecular complexity index is 494. The van der Waals surface area contributed by atoms with Crippen molar-refractivity contribution in [3.8, 4) is 5.75 Å². The fourth-order valence-corrected chi connectivity index (χ4v) is 2.72. The summed E-state index contributed by atoms with van der Waals surface area (Å²) in [5, 5.41) is 0.646. The number of rotatable bonds is 3. The molecule has 4 nitrogen and oxygen atoms in total. The molecule has 0 N–H and O–H groups in total. The van der Waals surface area contributed by atoms with Crippen molar-refractivity contribution in [3.05, 3.63) is 28.3 Å². The number of ether oxygens (including phenoxy) is 3.